The summed E-state index contributed by atoms with van der Waals surface area (Å²) in [5, 5.41) is 3.10. The van der Waals surface area contributed by atoms with Gasteiger partial charge in [-0.1, -0.05) is 32.9 Å². The molecule has 0 aliphatic carbocycles. The first-order chi connectivity index (χ1) is 9.90. The van der Waals surface area contributed by atoms with Gasteiger partial charge in [0.1, 0.15) is 23.9 Å². The molecule has 2 aromatic rings. The molecule has 0 amide bonds. The van der Waals surface area contributed by atoms with Gasteiger partial charge in [-0.15, -0.1) is 0 Å². The van der Waals surface area contributed by atoms with Crippen LogP contribution in [-0.2, 0) is 18.6 Å². The monoisotopic (exact) mass is 287 g/mol. The van der Waals surface area contributed by atoms with Crippen molar-refractivity contribution < 1.29 is 9.15 Å². The lowest BCUT2D eigenvalue weighted by Gasteiger charge is -2.19. The van der Waals surface area contributed by atoms with Gasteiger partial charge in [-0.05, 0) is 48.7 Å². The summed E-state index contributed by atoms with van der Waals surface area (Å²) in [4.78, 5) is 0. The number of rotatable bonds is 5. The van der Waals surface area contributed by atoms with E-state index >= 15 is 0 Å². The van der Waals surface area contributed by atoms with E-state index in [4.69, 9.17) is 9.15 Å². The van der Waals surface area contributed by atoms with Crippen molar-refractivity contribution in [1.82, 2.24) is 5.32 Å². The van der Waals surface area contributed by atoms with E-state index in [1.807, 2.05) is 25.2 Å². The van der Waals surface area contributed by atoms with Crippen LogP contribution in [0.2, 0.25) is 0 Å². The molecule has 1 N–H and O–H groups in total. The van der Waals surface area contributed by atoms with Gasteiger partial charge in [0, 0.05) is 0 Å². The molecule has 0 atom stereocenters. The molecule has 0 bridgehead atoms. The van der Waals surface area contributed by atoms with Crippen molar-refractivity contribution in [1.29, 1.82) is 0 Å². The molecule has 21 heavy (non-hydrogen) atoms. The van der Waals surface area contributed by atoms with Crippen molar-refractivity contribution in [3.8, 4) is 5.75 Å². The Balaban J connectivity index is 2.04. The quantitative estimate of drug-likeness (QED) is 0.895. The summed E-state index contributed by atoms with van der Waals surface area (Å²) in [5.41, 5.74) is 2.55. The van der Waals surface area contributed by atoms with E-state index in [9.17, 15) is 0 Å². The van der Waals surface area contributed by atoms with Gasteiger partial charge in [-0.3, -0.25) is 0 Å². The van der Waals surface area contributed by atoms with Crippen LogP contribution in [0.5, 0.6) is 5.75 Å². The molecule has 0 spiro atoms. The maximum Gasteiger partial charge on any atom is 0.146 e. The van der Waals surface area contributed by atoms with Gasteiger partial charge < -0.3 is 14.5 Å². The zero-order valence-electron chi connectivity index (χ0n) is 13.6. The van der Waals surface area contributed by atoms with Crippen LogP contribution in [0.4, 0.5) is 0 Å². The predicted molar refractivity (Wildman–Crippen MR) is 85.7 cm³/mol. The number of aryl methyl sites for hydroxylation is 1. The summed E-state index contributed by atoms with van der Waals surface area (Å²) in [6, 6.07) is 10.3. The molecule has 0 aliphatic rings. The van der Waals surface area contributed by atoms with Crippen molar-refractivity contribution in [3.63, 3.8) is 0 Å². The highest BCUT2D eigenvalue weighted by atomic mass is 16.5. The highest BCUT2D eigenvalue weighted by Crippen LogP contribution is 2.26. The van der Waals surface area contributed by atoms with E-state index < -0.39 is 0 Å². The Morgan fingerprint density at radius 3 is 2.62 bits per heavy atom. The minimum atomic E-state index is 0.126. The maximum absolute atomic E-state index is 5.86. The third-order valence-corrected chi connectivity index (χ3v) is 3.49. The van der Waals surface area contributed by atoms with Crippen LogP contribution in [-0.4, -0.2) is 7.05 Å². The molecule has 1 aromatic carbocycles. The average Bonchev–Trinajstić information content (AvgIpc) is 2.77. The van der Waals surface area contributed by atoms with Crippen LogP contribution in [0, 0.1) is 6.92 Å². The topological polar surface area (TPSA) is 34.4 Å². The van der Waals surface area contributed by atoms with Crippen LogP contribution in [0.15, 0.2) is 34.7 Å². The number of furan rings is 1. The number of hydrogen-bond acceptors (Lipinski definition) is 3. The summed E-state index contributed by atoms with van der Waals surface area (Å²) in [6.45, 7) is 9.85. The first-order valence-corrected chi connectivity index (χ1v) is 7.36. The fraction of sp³-hybridized carbons (Fsp3) is 0.444. The fourth-order valence-corrected chi connectivity index (χ4v) is 2.20. The molecular weight excluding hydrogens is 262 g/mol. The first kappa shape index (κ1) is 15.6. The molecule has 0 radical (unpaired) electrons. The van der Waals surface area contributed by atoms with Crippen molar-refractivity contribution in [3.05, 3.63) is 53.0 Å². The normalized spacial score (nSPS) is 11.7. The van der Waals surface area contributed by atoms with Gasteiger partial charge in [0.2, 0.25) is 0 Å². The number of benzene rings is 1. The fourth-order valence-electron chi connectivity index (χ4n) is 2.20. The van der Waals surface area contributed by atoms with Gasteiger partial charge in [0.15, 0.2) is 0 Å². The molecule has 0 saturated carbocycles. The largest absolute Gasteiger partial charge is 0.486 e. The zero-order valence-corrected chi connectivity index (χ0v) is 13.6. The lowest BCUT2D eigenvalue weighted by Crippen LogP contribution is -2.10. The van der Waals surface area contributed by atoms with E-state index in [1.165, 1.54) is 5.56 Å². The number of ether oxygens (including phenoxy) is 1. The van der Waals surface area contributed by atoms with Crippen LogP contribution in [0.25, 0.3) is 0 Å². The van der Waals surface area contributed by atoms with Gasteiger partial charge in [-0.2, -0.15) is 0 Å². The molecule has 0 fully saturated rings. The Morgan fingerprint density at radius 1 is 1.19 bits per heavy atom. The molecule has 1 aromatic heterocycles. The Bertz CT molecular complexity index is 594. The molecule has 1 heterocycles. The maximum atomic E-state index is 5.86. The summed E-state index contributed by atoms with van der Waals surface area (Å²) in [6.07, 6.45) is 0. The van der Waals surface area contributed by atoms with Gasteiger partial charge >= 0.3 is 0 Å². The van der Waals surface area contributed by atoms with Crippen LogP contribution in [0.3, 0.4) is 0 Å². The highest BCUT2D eigenvalue weighted by molar-refractivity contribution is 5.32. The predicted octanol–water partition coefficient (Wildman–Crippen LogP) is 4.18. The van der Waals surface area contributed by atoms with Gasteiger partial charge in [-0.25, -0.2) is 0 Å². The number of hydrogen-bond donors (Lipinski definition) is 1. The third kappa shape index (κ3) is 4.11. The summed E-state index contributed by atoms with van der Waals surface area (Å²) in [7, 11) is 1.91. The molecule has 2 rings (SSSR count). The van der Waals surface area contributed by atoms with Crippen molar-refractivity contribution in [2.24, 2.45) is 0 Å². The molecule has 114 valence electrons. The Kier molecular flexibility index (Phi) is 4.73. The summed E-state index contributed by atoms with van der Waals surface area (Å²) >= 11 is 0. The van der Waals surface area contributed by atoms with Crippen molar-refractivity contribution in [2.45, 2.75) is 46.3 Å². The standard InChI is InChI=1S/C18H25NO2/c1-13-9-16(21-17(13)11-19-5)12-20-15-8-6-7-14(10-15)18(2,3)4/h6-10,19H,11-12H2,1-5H3. The SMILES string of the molecule is CNCc1oc(COc2cccc(C(C)(C)C)c2)cc1C. The smallest absolute Gasteiger partial charge is 0.146 e. The Hall–Kier alpha value is -1.74. The summed E-state index contributed by atoms with van der Waals surface area (Å²) in [5.74, 6) is 2.71. The van der Waals surface area contributed by atoms with Crippen LogP contribution in [0.1, 0.15) is 43.4 Å². The Morgan fingerprint density at radius 2 is 1.95 bits per heavy atom. The molecule has 0 aliphatic heterocycles. The van der Waals surface area contributed by atoms with Crippen molar-refractivity contribution in [2.75, 3.05) is 7.05 Å². The van der Waals surface area contributed by atoms with E-state index in [2.05, 4.69) is 45.1 Å². The van der Waals surface area contributed by atoms with E-state index in [0.717, 1.165) is 29.4 Å². The zero-order chi connectivity index (χ0) is 15.5. The van der Waals surface area contributed by atoms with Crippen LogP contribution >= 0.6 is 0 Å². The molecule has 3 heteroatoms. The van der Waals surface area contributed by atoms with E-state index in [1.54, 1.807) is 0 Å². The minimum absolute atomic E-state index is 0.126. The van der Waals surface area contributed by atoms with Gasteiger partial charge in [0.25, 0.3) is 0 Å². The highest BCUT2D eigenvalue weighted by Gasteiger charge is 2.14. The van der Waals surface area contributed by atoms with Gasteiger partial charge in [0.05, 0.1) is 6.54 Å². The number of nitrogens with one attached hydrogen (secondary N) is 1. The second kappa shape index (κ2) is 6.35. The second-order valence-electron chi connectivity index (χ2n) is 6.42. The molecule has 3 nitrogen and oxygen atoms in total. The molecule has 0 saturated heterocycles. The molecule has 0 unspecified atom stereocenters. The second-order valence-corrected chi connectivity index (χ2v) is 6.42. The third-order valence-electron chi connectivity index (χ3n) is 3.49. The minimum Gasteiger partial charge on any atom is -0.486 e. The summed E-state index contributed by atoms with van der Waals surface area (Å²) < 4.78 is 11.6. The average molecular weight is 287 g/mol. The van der Waals surface area contributed by atoms with Crippen molar-refractivity contribution >= 4 is 0 Å². The van der Waals surface area contributed by atoms with E-state index in [-0.39, 0.29) is 5.41 Å². The lowest BCUT2D eigenvalue weighted by molar-refractivity contribution is 0.265. The van der Waals surface area contributed by atoms with E-state index in [0.29, 0.717) is 6.61 Å². The molecular formula is C18H25NO2. The van der Waals surface area contributed by atoms with Crippen LogP contribution < -0.4 is 10.1 Å². The first-order valence-electron chi connectivity index (χ1n) is 7.36. The lowest BCUT2D eigenvalue weighted by atomic mass is 9.87. The Labute approximate surface area is 127 Å².